The van der Waals surface area contributed by atoms with Gasteiger partial charge in [0.2, 0.25) is 0 Å². The minimum Gasteiger partial charge on any atom is -0.445 e. The fraction of sp³-hybridized carbons (Fsp3) is 0.200. The van der Waals surface area contributed by atoms with Crippen molar-refractivity contribution in [1.29, 1.82) is 0 Å². The minimum absolute atomic E-state index is 0.220. The number of aromatic nitrogens is 2. The van der Waals surface area contributed by atoms with E-state index in [-0.39, 0.29) is 18.5 Å². The first-order chi connectivity index (χ1) is 12.5. The number of aryl methyl sites for hydroxylation is 1. The fourth-order valence-corrected chi connectivity index (χ4v) is 2.69. The van der Waals surface area contributed by atoms with Gasteiger partial charge < -0.3 is 10.1 Å². The molecule has 0 aliphatic rings. The van der Waals surface area contributed by atoms with Gasteiger partial charge in [0.15, 0.2) is 5.82 Å². The van der Waals surface area contributed by atoms with Gasteiger partial charge in [-0.3, -0.25) is 4.68 Å². The van der Waals surface area contributed by atoms with Gasteiger partial charge in [0, 0.05) is 12.6 Å². The molecule has 1 aromatic heterocycles. The molecule has 0 saturated heterocycles. The van der Waals surface area contributed by atoms with Crippen LogP contribution < -0.4 is 5.32 Å². The Kier molecular flexibility index (Phi) is 5.31. The maximum absolute atomic E-state index is 13.8. The van der Waals surface area contributed by atoms with Crippen LogP contribution in [0.1, 0.15) is 24.1 Å². The predicted molar refractivity (Wildman–Crippen MR) is 96.8 cm³/mol. The summed E-state index contributed by atoms with van der Waals surface area (Å²) in [7, 11) is 1.69. The van der Waals surface area contributed by atoms with Gasteiger partial charge in [0.25, 0.3) is 0 Å². The number of benzene rings is 2. The Balaban J connectivity index is 1.59. The van der Waals surface area contributed by atoms with E-state index in [1.165, 1.54) is 10.9 Å². The third-order valence-corrected chi connectivity index (χ3v) is 4.13. The Labute approximate surface area is 151 Å². The summed E-state index contributed by atoms with van der Waals surface area (Å²) >= 11 is 0. The molecule has 5 nitrogen and oxygen atoms in total. The van der Waals surface area contributed by atoms with Gasteiger partial charge in [0.05, 0.1) is 12.2 Å². The first-order valence-corrected chi connectivity index (χ1v) is 8.29. The average Bonchev–Trinajstić information content (AvgIpc) is 2.99. The molecule has 0 saturated carbocycles. The number of nitrogens with one attached hydrogen (secondary N) is 1. The molecule has 1 N–H and O–H groups in total. The summed E-state index contributed by atoms with van der Waals surface area (Å²) in [6, 6.07) is 16.6. The maximum atomic E-state index is 13.8. The monoisotopic (exact) mass is 353 g/mol. The molecule has 1 atom stereocenters. The topological polar surface area (TPSA) is 56.1 Å². The number of ether oxygens (including phenoxy) is 1. The number of carbonyl (C=O) groups excluding carboxylic acids is 1. The summed E-state index contributed by atoms with van der Waals surface area (Å²) in [6.45, 7) is 2.08. The van der Waals surface area contributed by atoms with Crippen LogP contribution in [0.4, 0.5) is 9.18 Å². The van der Waals surface area contributed by atoms with E-state index >= 15 is 0 Å². The Bertz CT molecular complexity index is 856. The number of carbonyl (C=O) groups is 1. The Morgan fingerprint density at radius 1 is 1.19 bits per heavy atom. The summed E-state index contributed by atoms with van der Waals surface area (Å²) in [6.07, 6.45) is 0.707. The van der Waals surface area contributed by atoms with Crippen LogP contribution in [0, 0.1) is 5.82 Å². The molecule has 6 heteroatoms. The van der Waals surface area contributed by atoms with Crippen LogP contribution in [-0.4, -0.2) is 15.9 Å². The molecule has 134 valence electrons. The second-order valence-corrected chi connectivity index (χ2v) is 6.01. The van der Waals surface area contributed by atoms with E-state index in [1.807, 2.05) is 61.5 Å². The fourth-order valence-electron chi connectivity index (χ4n) is 2.69. The van der Waals surface area contributed by atoms with Crippen LogP contribution in [0.25, 0.3) is 11.3 Å². The highest BCUT2D eigenvalue weighted by Crippen LogP contribution is 2.24. The van der Waals surface area contributed by atoms with Crippen LogP contribution in [0.3, 0.4) is 0 Å². The third kappa shape index (κ3) is 4.08. The van der Waals surface area contributed by atoms with Crippen LogP contribution in [-0.2, 0) is 18.4 Å². The standard InChI is InChI=1S/C20H20FN3O2/c1-14(23-20(25)26-13-15-6-4-3-5-7-15)16-8-10-17(11-9-16)19-18(21)12-22-24(19)2/h3-12,14H,13H2,1-2H3,(H,23,25)/t14-/m0/s1. The highest BCUT2D eigenvalue weighted by atomic mass is 19.1. The lowest BCUT2D eigenvalue weighted by molar-refractivity contribution is 0.136. The first kappa shape index (κ1) is 17.7. The normalized spacial score (nSPS) is 11.8. The molecule has 2 aromatic carbocycles. The number of hydrogen-bond acceptors (Lipinski definition) is 3. The molecule has 26 heavy (non-hydrogen) atoms. The highest BCUT2D eigenvalue weighted by molar-refractivity contribution is 5.68. The van der Waals surface area contributed by atoms with Crippen molar-refractivity contribution >= 4 is 6.09 Å². The largest absolute Gasteiger partial charge is 0.445 e. The summed E-state index contributed by atoms with van der Waals surface area (Å²) in [5, 5.41) is 6.69. The number of hydrogen-bond donors (Lipinski definition) is 1. The zero-order chi connectivity index (χ0) is 18.5. The van der Waals surface area contributed by atoms with E-state index in [0.717, 1.165) is 16.7 Å². The van der Waals surface area contributed by atoms with Gasteiger partial charge in [0.1, 0.15) is 12.3 Å². The van der Waals surface area contributed by atoms with Gasteiger partial charge in [-0.15, -0.1) is 0 Å². The van der Waals surface area contributed by atoms with Crippen LogP contribution >= 0.6 is 0 Å². The predicted octanol–water partition coefficient (Wildman–Crippen LogP) is 4.21. The van der Waals surface area contributed by atoms with Crippen LogP contribution in [0.2, 0.25) is 0 Å². The summed E-state index contributed by atoms with van der Waals surface area (Å²) in [4.78, 5) is 11.9. The van der Waals surface area contributed by atoms with Gasteiger partial charge in [-0.25, -0.2) is 9.18 Å². The lowest BCUT2D eigenvalue weighted by Crippen LogP contribution is -2.27. The molecule has 0 radical (unpaired) electrons. The lowest BCUT2D eigenvalue weighted by atomic mass is 10.0. The molecule has 0 aliphatic heterocycles. The molecular formula is C20H20FN3O2. The molecule has 1 amide bonds. The molecule has 0 unspecified atom stereocenters. The Morgan fingerprint density at radius 3 is 2.50 bits per heavy atom. The van der Waals surface area contributed by atoms with E-state index in [0.29, 0.717) is 5.69 Å². The van der Waals surface area contributed by atoms with Crippen molar-refractivity contribution in [3.8, 4) is 11.3 Å². The van der Waals surface area contributed by atoms with Crippen molar-refractivity contribution in [1.82, 2.24) is 15.1 Å². The van der Waals surface area contributed by atoms with E-state index < -0.39 is 6.09 Å². The van der Waals surface area contributed by atoms with Crippen molar-refractivity contribution in [3.63, 3.8) is 0 Å². The van der Waals surface area contributed by atoms with E-state index in [2.05, 4.69) is 10.4 Å². The van der Waals surface area contributed by atoms with Crippen LogP contribution in [0.15, 0.2) is 60.8 Å². The molecule has 3 rings (SSSR count). The minimum atomic E-state index is -0.483. The van der Waals surface area contributed by atoms with Crippen molar-refractivity contribution in [2.45, 2.75) is 19.6 Å². The highest BCUT2D eigenvalue weighted by Gasteiger charge is 2.13. The SMILES string of the molecule is C[C@H](NC(=O)OCc1ccccc1)c1ccc(-c2c(F)cnn2C)cc1. The van der Waals surface area contributed by atoms with Crippen molar-refractivity contribution in [2.24, 2.45) is 7.05 Å². The zero-order valence-corrected chi connectivity index (χ0v) is 14.6. The summed E-state index contributed by atoms with van der Waals surface area (Å²) in [5.41, 5.74) is 2.98. The second kappa shape index (κ2) is 7.82. The zero-order valence-electron chi connectivity index (χ0n) is 14.6. The van der Waals surface area contributed by atoms with Crippen molar-refractivity contribution in [2.75, 3.05) is 0 Å². The maximum Gasteiger partial charge on any atom is 0.407 e. The smallest absolute Gasteiger partial charge is 0.407 e. The average molecular weight is 353 g/mol. The lowest BCUT2D eigenvalue weighted by Gasteiger charge is -2.15. The van der Waals surface area contributed by atoms with Crippen molar-refractivity contribution < 1.29 is 13.9 Å². The molecule has 0 spiro atoms. The van der Waals surface area contributed by atoms with E-state index in [9.17, 15) is 9.18 Å². The number of halogens is 1. The molecule has 0 aliphatic carbocycles. The number of rotatable bonds is 5. The molecule has 0 fully saturated rings. The number of alkyl carbamates (subject to hydrolysis) is 1. The van der Waals surface area contributed by atoms with Crippen molar-refractivity contribution in [3.05, 3.63) is 77.7 Å². The van der Waals surface area contributed by atoms with E-state index in [1.54, 1.807) is 7.05 Å². The second-order valence-electron chi connectivity index (χ2n) is 6.01. The molecule has 3 aromatic rings. The van der Waals surface area contributed by atoms with Gasteiger partial charge in [-0.05, 0) is 18.1 Å². The third-order valence-electron chi connectivity index (χ3n) is 4.13. The Hall–Kier alpha value is -3.15. The van der Waals surface area contributed by atoms with Crippen LogP contribution in [0.5, 0.6) is 0 Å². The molecule has 1 heterocycles. The van der Waals surface area contributed by atoms with Gasteiger partial charge >= 0.3 is 6.09 Å². The first-order valence-electron chi connectivity index (χ1n) is 8.29. The molecule has 0 bridgehead atoms. The molecular weight excluding hydrogens is 333 g/mol. The summed E-state index contributed by atoms with van der Waals surface area (Å²) in [5.74, 6) is -0.365. The number of nitrogens with zero attached hydrogens (tertiary/aromatic N) is 2. The Morgan fingerprint density at radius 2 is 1.88 bits per heavy atom. The van der Waals surface area contributed by atoms with Gasteiger partial charge in [-0.1, -0.05) is 54.6 Å². The summed E-state index contributed by atoms with van der Waals surface area (Å²) < 4.78 is 20.5. The van der Waals surface area contributed by atoms with Gasteiger partial charge in [-0.2, -0.15) is 5.10 Å². The quantitative estimate of drug-likeness (QED) is 0.747. The number of amides is 1. The van der Waals surface area contributed by atoms with E-state index in [4.69, 9.17) is 4.74 Å².